The number of rotatable bonds is 7. The molecule has 0 radical (unpaired) electrons. The molecule has 0 aliphatic carbocycles. The van der Waals surface area contributed by atoms with Crippen LogP contribution in [-0.2, 0) is 4.79 Å². The van der Waals surface area contributed by atoms with E-state index in [0.29, 0.717) is 22.1 Å². The first-order valence-electron chi connectivity index (χ1n) is 10.1. The maximum Gasteiger partial charge on any atom is 0.343 e. The molecule has 7 heteroatoms. The van der Waals surface area contributed by atoms with Crippen molar-refractivity contribution in [2.45, 2.75) is 0 Å². The molecule has 4 aromatic carbocycles. The predicted octanol–water partition coefficient (Wildman–Crippen LogP) is 5.24. The quantitative estimate of drug-likeness (QED) is 0.178. The average molecular weight is 459 g/mol. The second-order valence-corrected chi connectivity index (χ2v) is 7.49. The summed E-state index contributed by atoms with van der Waals surface area (Å²) in [5.74, 6) is 0.135. The molecular formula is C26H19ClN2O4. The summed E-state index contributed by atoms with van der Waals surface area (Å²) in [6, 6.07) is 26.7. The van der Waals surface area contributed by atoms with Gasteiger partial charge in [-0.05, 0) is 77.0 Å². The SMILES string of the molecule is O=C(COc1ccc2ccccc2c1)N/N=C/c1ccc(OC(=O)c2ccc(Cl)cc2)cc1. The van der Waals surface area contributed by atoms with Crippen molar-refractivity contribution in [2.24, 2.45) is 5.10 Å². The van der Waals surface area contributed by atoms with Gasteiger partial charge in [-0.25, -0.2) is 10.2 Å². The van der Waals surface area contributed by atoms with Gasteiger partial charge in [-0.15, -0.1) is 0 Å². The van der Waals surface area contributed by atoms with Gasteiger partial charge in [0.1, 0.15) is 11.5 Å². The van der Waals surface area contributed by atoms with Crippen LogP contribution in [-0.4, -0.2) is 24.7 Å². The van der Waals surface area contributed by atoms with Crippen LogP contribution in [0.3, 0.4) is 0 Å². The third-order valence-electron chi connectivity index (χ3n) is 4.66. The van der Waals surface area contributed by atoms with E-state index in [4.69, 9.17) is 21.1 Å². The normalized spacial score (nSPS) is 10.8. The van der Waals surface area contributed by atoms with Crippen molar-refractivity contribution in [3.63, 3.8) is 0 Å². The van der Waals surface area contributed by atoms with Crippen LogP contribution in [0.15, 0.2) is 96.1 Å². The van der Waals surface area contributed by atoms with E-state index in [1.54, 1.807) is 48.5 Å². The zero-order valence-electron chi connectivity index (χ0n) is 17.4. The number of nitrogens with one attached hydrogen (secondary N) is 1. The lowest BCUT2D eigenvalue weighted by Gasteiger charge is -2.06. The van der Waals surface area contributed by atoms with Gasteiger partial charge in [-0.1, -0.05) is 41.9 Å². The van der Waals surface area contributed by atoms with E-state index >= 15 is 0 Å². The Morgan fingerprint density at radius 1 is 0.848 bits per heavy atom. The third-order valence-corrected chi connectivity index (χ3v) is 4.92. The van der Waals surface area contributed by atoms with Gasteiger partial charge in [0.2, 0.25) is 0 Å². The molecule has 0 atom stereocenters. The molecule has 1 N–H and O–H groups in total. The van der Waals surface area contributed by atoms with Crippen molar-refractivity contribution in [3.05, 3.63) is 107 Å². The summed E-state index contributed by atoms with van der Waals surface area (Å²) in [6.07, 6.45) is 1.48. The number of amides is 1. The average Bonchev–Trinajstić information content (AvgIpc) is 2.84. The molecule has 0 aliphatic heterocycles. The Bertz CT molecular complexity index is 1300. The monoisotopic (exact) mass is 458 g/mol. The minimum absolute atomic E-state index is 0.157. The zero-order chi connectivity index (χ0) is 23.0. The summed E-state index contributed by atoms with van der Waals surface area (Å²) in [5.41, 5.74) is 3.54. The number of ether oxygens (including phenoxy) is 2. The number of nitrogens with zero attached hydrogens (tertiary/aromatic N) is 1. The molecule has 0 aromatic heterocycles. The van der Waals surface area contributed by atoms with Gasteiger partial charge in [0.25, 0.3) is 5.91 Å². The number of carbonyl (C=O) groups is 2. The largest absolute Gasteiger partial charge is 0.484 e. The number of benzene rings is 4. The Balaban J connectivity index is 1.25. The molecule has 164 valence electrons. The molecule has 0 fully saturated rings. The minimum atomic E-state index is -0.480. The lowest BCUT2D eigenvalue weighted by Crippen LogP contribution is -2.24. The van der Waals surface area contributed by atoms with Crippen LogP contribution in [0.4, 0.5) is 0 Å². The fourth-order valence-electron chi connectivity index (χ4n) is 2.99. The Morgan fingerprint density at radius 2 is 1.55 bits per heavy atom. The summed E-state index contributed by atoms with van der Waals surface area (Å²) in [6.45, 7) is -0.157. The minimum Gasteiger partial charge on any atom is -0.484 e. The zero-order valence-corrected chi connectivity index (χ0v) is 18.2. The highest BCUT2D eigenvalue weighted by Crippen LogP contribution is 2.20. The van der Waals surface area contributed by atoms with E-state index in [1.807, 2.05) is 42.5 Å². The maximum absolute atomic E-state index is 12.1. The molecule has 33 heavy (non-hydrogen) atoms. The number of hydrogen-bond donors (Lipinski definition) is 1. The van der Waals surface area contributed by atoms with Gasteiger partial charge in [-0.3, -0.25) is 4.79 Å². The first-order chi connectivity index (χ1) is 16.1. The van der Waals surface area contributed by atoms with Crippen molar-refractivity contribution >= 4 is 40.5 Å². The number of carbonyl (C=O) groups excluding carboxylic acids is 2. The first kappa shape index (κ1) is 22.0. The maximum atomic E-state index is 12.1. The molecule has 0 heterocycles. The molecule has 0 saturated heterocycles. The lowest BCUT2D eigenvalue weighted by atomic mass is 10.1. The Labute approximate surface area is 195 Å². The molecule has 1 amide bonds. The van der Waals surface area contributed by atoms with Crippen LogP contribution in [0.1, 0.15) is 15.9 Å². The Hall–Kier alpha value is -4.16. The molecule has 0 bridgehead atoms. The highest BCUT2D eigenvalue weighted by Gasteiger charge is 2.08. The summed E-state index contributed by atoms with van der Waals surface area (Å²) in [4.78, 5) is 24.1. The second kappa shape index (κ2) is 10.4. The van der Waals surface area contributed by atoms with Crippen molar-refractivity contribution in [2.75, 3.05) is 6.61 Å². The van der Waals surface area contributed by atoms with Gasteiger partial charge >= 0.3 is 5.97 Å². The molecule has 4 rings (SSSR count). The van der Waals surface area contributed by atoms with Crippen LogP contribution in [0.2, 0.25) is 5.02 Å². The molecule has 0 spiro atoms. The van der Waals surface area contributed by atoms with E-state index in [2.05, 4.69) is 10.5 Å². The van der Waals surface area contributed by atoms with Gasteiger partial charge in [-0.2, -0.15) is 5.10 Å². The van der Waals surface area contributed by atoms with Crippen LogP contribution < -0.4 is 14.9 Å². The van der Waals surface area contributed by atoms with Gasteiger partial charge in [0, 0.05) is 5.02 Å². The second-order valence-electron chi connectivity index (χ2n) is 7.06. The molecule has 4 aromatic rings. The van der Waals surface area contributed by atoms with Crippen molar-refractivity contribution in [1.82, 2.24) is 5.43 Å². The Kier molecular flexibility index (Phi) is 6.97. The van der Waals surface area contributed by atoms with E-state index in [0.717, 1.165) is 16.3 Å². The van der Waals surface area contributed by atoms with Crippen LogP contribution in [0.25, 0.3) is 10.8 Å². The van der Waals surface area contributed by atoms with Crippen molar-refractivity contribution < 1.29 is 19.1 Å². The Morgan fingerprint density at radius 3 is 2.30 bits per heavy atom. The standard InChI is InChI=1S/C26H19ClN2O4/c27-22-10-7-20(8-11-22)26(31)33-23-12-5-18(6-13-23)16-28-29-25(30)17-32-24-14-9-19-3-1-2-4-21(19)15-24/h1-16H,17H2,(H,29,30)/b28-16+. The van der Waals surface area contributed by atoms with Crippen molar-refractivity contribution in [3.8, 4) is 11.5 Å². The number of hydrazone groups is 1. The van der Waals surface area contributed by atoms with Crippen molar-refractivity contribution in [1.29, 1.82) is 0 Å². The van der Waals surface area contributed by atoms with Gasteiger partial charge in [0.15, 0.2) is 6.61 Å². The molecular weight excluding hydrogens is 440 g/mol. The highest BCUT2D eigenvalue weighted by molar-refractivity contribution is 6.30. The summed E-state index contributed by atoms with van der Waals surface area (Å²) in [7, 11) is 0. The molecule has 0 saturated carbocycles. The van der Waals surface area contributed by atoms with E-state index in [1.165, 1.54) is 6.21 Å². The number of halogens is 1. The van der Waals surface area contributed by atoms with E-state index < -0.39 is 5.97 Å². The smallest absolute Gasteiger partial charge is 0.343 e. The van der Waals surface area contributed by atoms with Gasteiger partial charge in [0.05, 0.1) is 11.8 Å². The van der Waals surface area contributed by atoms with E-state index in [9.17, 15) is 9.59 Å². The number of fused-ring (bicyclic) bond motifs is 1. The third kappa shape index (κ3) is 6.18. The number of esters is 1. The topological polar surface area (TPSA) is 77.0 Å². The summed E-state index contributed by atoms with van der Waals surface area (Å²) < 4.78 is 10.9. The summed E-state index contributed by atoms with van der Waals surface area (Å²) in [5, 5.41) is 6.61. The van der Waals surface area contributed by atoms with Gasteiger partial charge < -0.3 is 9.47 Å². The molecule has 0 aliphatic rings. The summed E-state index contributed by atoms with van der Waals surface area (Å²) >= 11 is 5.82. The fourth-order valence-corrected chi connectivity index (χ4v) is 3.12. The molecule has 6 nitrogen and oxygen atoms in total. The molecule has 0 unspecified atom stereocenters. The predicted molar refractivity (Wildman–Crippen MR) is 128 cm³/mol. The van der Waals surface area contributed by atoms with Crippen LogP contribution >= 0.6 is 11.6 Å². The fraction of sp³-hybridized carbons (Fsp3) is 0.0385. The highest BCUT2D eigenvalue weighted by atomic mass is 35.5. The van der Waals surface area contributed by atoms with Crippen LogP contribution in [0, 0.1) is 0 Å². The number of hydrogen-bond acceptors (Lipinski definition) is 5. The van der Waals surface area contributed by atoms with Crippen LogP contribution in [0.5, 0.6) is 11.5 Å². The first-order valence-corrected chi connectivity index (χ1v) is 10.5. The van der Waals surface area contributed by atoms with E-state index in [-0.39, 0.29) is 12.5 Å². The lowest BCUT2D eigenvalue weighted by molar-refractivity contribution is -0.123.